The van der Waals surface area contributed by atoms with E-state index >= 15 is 0 Å². The minimum absolute atomic E-state index is 0.207. The second kappa shape index (κ2) is 9.23. The number of hydrogen-bond donors (Lipinski definition) is 2. The van der Waals surface area contributed by atoms with Gasteiger partial charge in [-0.3, -0.25) is 20.2 Å². The second-order valence-corrected chi connectivity index (χ2v) is 9.05. The van der Waals surface area contributed by atoms with E-state index in [1.54, 1.807) is 54.6 Å². The lowest BCUT2D eigenvalue weighted by Gasteiger charge is -2.25. The molecule has 36 heavy (non-hydrogen) atoms. The van der Waals surface area contributed by atoms with Gasteiger partial charge in [-0.2, -0.15) is 0 Å². The van der Waals surface area contributed by atoms with Crippen molar-refractivity contribution in [2.45, 2.75) is 44.0 Å². The number of nitrogens with zero attached hydrogens (tertiary/aromatic N) is 1. The topological polar surface area (TPSA) is 103 Å². The van der Waals surface area contributed by atoms with Gasteiger partial charge in [0, 0.05) is 22.2 Å². The lowest BCUT2D eigenvalue weighted by Crippen LogP contribution is -2.54. The van der Waals surface area contributed by atoms with Crippen molar-refractivity contribution in [3.63, 3.8) is 0 Å². The van der Waals surface area contributed by atoms with Gasteiger partial charge in [0.25, 0.3) is 11.9 Å². The number of ether oxygens (including phenoxy) is 2. The van der Waals surface area contributed by atoms with Crippen LogP contribution in [-0.2, 0) is 16.9 Å². The molecule has 8 nitrogen and oxygen atoms in total. The molecule has 2 aliphatic heterocycles. The van der Waals surface area contributed by atoms with Crippen LogP contribution in [0, 0.1) is 15.9 Å². The zero-order chi connectivity index (χ0) is 25.4. The molecule has 0 bridgehead atoms. The SMILES string of the molecule is CCOc1cc([C@@H]2[C@H](C)N[C@@]3(C(=O)Nc4ccccc43)[C@@H]2[N+](=O)[O-])ccc1OCc1ccc(F)cc1. The maximum absolute atomic E-state index is 13.2. The number of amides is 1. The summed E-state index contributed by atoms with van der Waals surface area (Å²) in [6, 6.07) is 16.7. The molecule has 1 amide bonds. The first-order chi connectivity index (χ1) is 17.3. The minimum atomic E-state index is -1.48. The highest BCUT2D eigenvalue weighted by atomic mass is 19.1. The molecule has 4 atom stereocenters. The quantitative estimate of drug-likeness (QED) is 0.376. The fourth-order valence-corrected chi connectivity index (χ4v) is 5.41. The summed E-state index contributed by atoms with van der Waals surface area (Å²) in [6.07, 6.45) is 0. The molecule has 2 heterocycles. The summed E-state index contributed by atoms with van der Waals surface area (Å²) in [6.45, 7) is 4.26. The van der Waals surface area contributed by atoms with Crippen molar-refractivity contribution in [1.29, 1.82) is 0 Å². The maximum Gasteiger partial charge on any atom is 0.256 e. The van der Waals surface area contributed by atoms with Crippen LogP contribution in [0.25, 0.3) is 0 Å². The molecule has 3 aromatic rings. The summed E-state index contributed by atoms with van der Waals surface area (Å²) in [5.41, 5.74) is 1.14. The molecule has 1 saturated heterocycles. The van der Waals surface area contributed by atoms with E-state index in [-0.39, 0.29) is 23.4 Å². The Labute approximate surface area is 207 Å². The summed E-state index contributed by atoms with van der Waals surface area (Å²) in [7, 11) is 0. The van der Waals surface area contributed by atoms with E-state index in [2.05, 4.69) is 10.6 Å². The van der Waals surface area contributed by atoms with Crippen molar-refractivity contribution in [3.8, 4) is 11.5 Å². The van der Waals surface area contributed by atoms with Gasteiger partial charge in [-0.25, -0.2) is 4.39 Å². The number of carbonyl (C=O) groups excluding carboxylic acids is 1. The Hall–Kier alpha value is -3.98. The van der Waals surface area contributed by atoms with Crippen LogP contribution >= 0.6 is 0 Å². The van der Waals surface area contributed by atoms with Crippen LogP contribution in [0.3, 0.4) is 0 Å². The van der Waals surface area contributed by atoms with Gasteiger partial charge < -0.3 is 14.8 Å². The molecule has 2 N–H and O–H groups in total. The fraction of sp³-hybridized carbons (Fsp3) is 0.296. The van der Waals surface area contributed by atoms with Crippen molar-refractivity contribution in [3.05, 3.63) is 99.4 Å². The van der Waals surface area contributed by atoms with Crippen LogP contribution in [0.5, 0.6) is 11.5 Å². The number of nitro groups is 1. The summed E-state index contributed by atoms with van der Waals surface area (Å²) >= 11 is 0. The van der Waals surface area contributed by atoms with E-state index in [1.165, 1.54) is 12.1 Å². The van der Waals surface area contributed by atoms with Gasteiger partial charge in [-0.05, 0) is 55.3 Å². The van der Waals surface area contributed by atoms with Gasteiger partial charge in [0.15, 0.2) is 17.0 Å². The standard InChI is InChI=1S/C27H26FN3O5/c1-3-35-23-14-18(10-13-22(23)36-15-17-8-11-19(28)12-9-17)24-16(2)30-27(25(24)31(33)34)20-6-4-5-7-21(20)29-26(27)32/h4-14,16,24-25,30H,3,15H2,1-2H3,(H,29,32)/t16-,24-,25+,27+/m0/s1. The van der Waals surface area contributed by atoms with E-state index in [9.17, 15) is 19.3 Å². The number of carbonyl (C=O) groups is 1. The van der Waals surface area contributed by atoms with E-state index in [4.69, 9.17) is 9.47 Å². The molecular weight excluding hydrogens is 465 g/mol. The molecule has 2 aliphatic rings. The predicted octanol–water partition coefficient (Wildman–Crippen LogP) is 4.37. The molecule has 3 aromatic carbocycles. The van der Waals surface area contributed by atoms with Gasteiger partial charge in [0.05, 0.1) is 12.5 Å². The van der Waals surface area contributed by atoms with E-state index < -0.39 is 23.4 Å². The molecule has 1 fully saturated rings. The molecule has 186 valence electrons. The average Bonchev–Trinajstić information content (AvgIpc) is 3.33. The van der Waals surface area contributed by atoms with E-state index in [0.717, 1.165) is 5.56 Å². The maximum atomic E-state index is 13.2. The number of halogens is 1. The lowest BCUT2D eigenvalue weighted by atomic mass is 9.78. The second-order valence-electron chi connectivity index (χ2n) is 9.05. The van der Waals surface area contributed by atoms with Crippen LogP contribution < -0.4 is 20.1 Å². The molecular formula is C27H26FN3O5. The molecule has 0 aliphatic carbocycles. The largest absolute Gasteiger partial charge is 0.490 e. The molecule has 0 radical (unpaired) electrons. The Morgan fingerprint density at radius 1 is 1.06 bits per heavy atom. The van der Waals surface area contributed by atoms with Gasteiger partial charge >= 0.3 is 0 Å². The third kappa shape index (κ3) is 3.85. The third-order valence-electron chi connectivity index (χ3n) is 6.92. The summed E-state index contributed by atoms with van der Waals surface area (Å²) in [5.74, 6) is -0.441. The van der Waals surface area contributed by atoms with Crippen LogP contribution in [-0.4, -0.2) is 29.5 Å². The summed E-state index contributed by atoms with van der Waals surface area (Å²) in [4.78, 5) is 25.4. The Balaban J connectivity index is 1.50. The lowest BCUT2D eigenvalue weighted by molar-refractivity contribution is -0.532. The molecule has 0 saturated carbocycles. The first-order valence-electron chi connectivity index (χ1n) is 11.8. The number of anilines is 1. The number of benzene rings is 3. The number of nitrogens with one attached hydrogen (secondary N) is 2. The van der Waals surface area contributed by atoms with Crippen LogP contribution in [0.15, 0.2) is 66.7 Å². The minimum Gasteiger partial charge on any atom is -0.490 e. The number of rotatable bonds is 7. The van der Waals surface area contributed by atoms with E-state index in [0.29, 0.717) is 34.9 Å². The Kier molecular flexibility index (Phi) is 6.09. The van der Waals surface area contributed by atoms with Gasteiger partial charge in [-0.1, -0.05) is 36.4 Å². The highest BCUT2D eigenvalue weighted by Crippen LogP contribution is 2.50. The van der Waals surface area contributed by atoms with Crippen molar-refractivity contribution in [2.24, 2.45) is 0 Å². The Morgan fingerprint density at radius 2 is 1.81 bits per heavy atom. The first kappa shape index (κ1) is 23.7. The number of fused-ring (bicyclic) bond motifs is 2. The first-order valence-corrected chi connectivity index (χ1v) is 11.8. The molecule has 0 unspecified atom stereocenters. The van der Waals surface area contributed by atoms with Gasteiger partial charge in [-0.15, -0.1) is 0 Å². The summed E-state index contributed by atoms with van der Waals surface area (Å²) < 4.78 is 24.9. The van der Waals surface area contributed by atoms with Crippen LogP contribution in [0.2, 0.25) is 0 Å². The summed E-state index contributed by atoms with van der Waals surface area (Å²) in [5, 5.41) is 18.6. The zero-order valence-corrected chi connectivity index (χ0v) is 19.9. The molecule has 0 aromatic heterocycles. The average molecular weight is 492 g/mol. The van der Waals surface area contributed by atoms with Crippen molar-refractivity contribution >= 4 is 11.6 Å². The Morgan fingerprint density at radius 3 is 2.53 bits per heavy atom. The zero-order valence-electron chi connectivity index (χ0n) is 19.9. The smallest absolute Gasteiger partial charge is 0.256 e. The van der Waals surface area contributed by atoms with Crippen molar-refractivity contribution in [1.82, 2.24) is 5.32 Å². The van der Waals surface area contributed by atoms with Gasteiger partial charge in [0.1, 0.15) is 12.4 Å². The highest BCUT2D eigenvalue weighted by Gasteiger charge is 2.67. The predicted molar refractivity (Wildman–Crippen MR) is 131 cm³/mol. The van der Waals surface area contributed by atoms with Crippen LogP contribution in [0.1, 0.15) is 36.5 Å². The Bertz CT molecular complexity index is 1320. The van der Waals surface area contributed by atoms with Crippen LogP contribution in [0.4, 0.5) is 10.1 Å². The monoisotopic (exact) mass is 491 g/mol. The van der Waals surface area contributed by atoms with Gasteiger partial charge in [0.2, 0.25) is 0 Å². The van der Waals surface area contributed by atoms with E-state index in [1.807, 2.05) is 13.8 Å². The third-order valence-corrected chi connectivity index (χ3v) is 6.92. The van der Waals surface area contributed by atoms with Crippen molar-refractivity contribution in [2.75, 3.05) is 11.9 Å². The highest BCUT2D eigenvalue weighted by molar-refractivity contribution is 6.07. The fourth-order valence-electron chi connectivity index (χ4n) is 5.41. The number of para-hydroxylation sites is 1. The molecule has 1 spiro atoms. The molecule has 9 heteroatoms. The normalized spacial score (nSPS) is 24.4. The molecule has 5 rings (SSSR count). The van der Waals surface area contributed by atoms with Crippen molar-refractivity contribution < 1.29 is 23.6 Å². The number of hydrogen-bond acceptors (Lipinski definition) is 6.